The summed E-state index contributed by atoms with van der Waals surface area (Å²) in [5.74, 6) is 0. The van der Waals surface area contributed by atoms with Crippen LogP contribution in [0.25, 0.3) is 22.3 Å². The molecule has 0 nitrogen and oxygen atoms in total. The third-order valence-electron chi connectivity index (χ3n) is 6.12. The highest BCUT2D eigenvalue weighted by molar-refractivity contribution is 5.77. The highest BCUT2D eigenvalue weighted by Crippen LogP contribution is 2.36. The zero-order chi connectivity index (χ0) is 21.5. The molecule has 4 aromatic carbocycles. The third-order valence-corrected chi connectivity index (χ3v) is 6.12. The standard InChI is InChI=1S/2C13H10.C5H12.CH4/c2*1-3-7-12-10(5-1)9-11-6-2-4-8-13(11)12;1-3-5-4-2;/h2*1-8H,9H2;3-5H2,1-2H3;1H4. The summed E-state index contributed by atoms with van der Waals surface area (Å²) >= 11 is 0. The van der Waals surface area contributed by atoms with E-state index in [1.807, 2.05) is 0 Å². The van der Waals surface area contributed by atoms with E-state index in [-0.39, 0.29) is 7.43 Å². The van der Waals surface area contributed by atoms with Crippen LogP contribution < -0.4 is 0 Å². The summed E-state index contributed by atoms with van der Waals surface area (Å²) in [5.41, 5.74) is 11.5. The molecule has 0 spiro atoms. The Kier molecular flexibility index (Phi) is 8.45. The Morgan fingerprint density at radius 3 is 0.906 bits per heavy atom. The zero-order valence-corrected chi connectivity index (χ0v) is 18.8. The minimum atomic E-state index is 0. The molecule has 0 saturated carbocycles. The molecule has 32 heavy (non-hydrogen) atoms. The van der Waals surface area contributed by atoms with Crippen LogP contribution in [-0.2, 0) is 12.8 Å². The van der Waals surface area contributed by atoms with Crippen molar-refractivity contribution < 1.29 is 0 Å². The summed E-state index contributed by atoms with van der Waals surface area (Å²) in [7, 11) is 0. The molecule has 0 fully saturated rings. The van der Waals surface area contributed by atoms with Crippen molar-refractivity contribution >= 4 is 0 Å². The highest BCUT2D eigenvalue weighted by atomic mass is 14.2. The second kappa shape index (κ2) is 11.5. The molecule has 0 aromatic heterocycles. The molecule has 0 heterocycles. The Morgan fingerprint density at radius 1 is 0.438 bits per heavy atom. The first-order chi connectivity index (χ1) is 15.3. The first-order valence-electron chi connectivity index (χ1n) is 11.6. The average Bonchev–Trinajstić information content (AvgIpc) is 3.39. The molecule has 0 saturated heterocycles. The van der Waals surface area contributed by atoms with Gasteiger partial charge in [0.05, 0.1) is 0 Å². The van der Waals surface area contributed by atoms with Gasteiger partial charge in [-0.3, -0.25) is 0 Å². The maximum absolute atomic E-state index is 2.22. The van der Waals surface area contributed by atoms with Gasteiger partial charge in [-0.05, 0) is 57.3 Å². The lowest BCUT2D eigenvalue weighted by Gasteiger charge is -1.98. The van der Waals surface area contributed by atoms with Crippen LogP contribution in [0.1, 0.15) is 62.8 Å². The number of rotatable bonds is 2. The Labute approximate surface area is 195 Å². The van der Waals surface area contributed by atoms with Crippen LogP contribution in [0.4, 0.5) is 0 Å². The van der Waals surface area contributed by atoms with E-state index in [0.29, 0.717) is 0 Å². The molecule has 4 aromatic rings. The minimum absolute atomic E-state index is 0. The molecule has 0 aliphatic heterocycles. The van der Waals surface area contributed by atoms with Gasteiger partial charge in [-0.25, -0.2) is 0 Å². The maximum atomic E-state index is 2.22. The third kappa shape index (κ3) is 5.19. The van der Waals surface area contributed by atoms with Gasteiger partial charge < -0.3 is 0 Å². The van der Waals surface area contributed by atoms with Crippen molar-refractivity contribution in [3.8, 4) is 22.3 Å². The maximum Gasteiger partial charge on any atom is -0.00135 e. The van der Waals surface area contributed by atoms with Gasteiger partial charge in [0.1, 0.15) is 0 Å². The summed E-state index contributed by atoms with van der Waals surface area (Å²) in [6.45, 7) is 4.42. The van der Waals surface area contributed by atoms with E-state index in [9.17, 15) is 0 Å². The van der Waals surface area contributed by atoms with Crippen molar-refractivity contribution in [2.45, 2.75) is 53.4 Å². The van der Waals surface area contributed by atoms with Crippen LogP contribution in [0.2, 0.25) is 0 Å². The summed E-state index contributed by atoms with van der Waals surface area (Å²) < 4.78 is 0. The van der Waals surface area contributed by atoms with Gasteiger partial charge in [0, 0.05) is 0 Å². The molecule has 0 unspecified atom stereocenters. The average molecular weight is 421 g/mol. The second-order valence-corrected chi connectivity index (χ2v) is 8.34. The second-order valence-electron chi connectivity index (χ2n) is 8.34. The molecule has 164 valence electrons. The Balaban J connectivity index is 0.000000147. The van der Waals surface area contributed by atoms with E-state index in [1.54, 1.807) is 0 Å². The minimum Gasteiger partial charge on any atom is -0.0776 e. The van der Waals surface area contributed by atoms with Crippen molar-refractivity contribution in [1.82, 2.24) is 0 Å². The number of hydrogen-bond donors (Lipinski definition) is 0. The summed E-state index contributed by atoms with van der Waals surface area (Å²) in [5, 5.41) is 0. The number of hydrogen-bond acceptors (Lipinski definition) is 0. The monoisotopic (exact) mass is 420 g/mol. The van der Waals surface area contributed by atoms with E-state index in [0.717, 1.165) is 12.8 Å². The van der Waals surface area contributed by atoms with Crippen molar-refractivity contribution in [2.24, 2.45) is 0 Å². The van der Waals surface area contributed by atoms with Crippen molar-refractivity contribution in [2.75, 3.05) is 0 Å². The van der Waals surface area contributed by atoms with E-state index in [2.05, 4.69) is 111 Å². The molecular weight excluding hydrogens is 384 g/mol. The van der Waals surface area contributed by atoms with Crippen molar-refractivity contribution in [3.05, 3.63) is 119 Å². The van der Waals surface area contributed by atoms with Gasteiger partial charge in [0.15, 0.2) is 0 Å². The molecule has 0 amide bonds. The van der Waals surface area contributed by atoms with Crippen LogP contribution >= 0.6 is 0 Å². The van der Waals surface area contributed by atoms with E-state index in [1.165, 1.54) is 63.8 Å². The molecular formula is C32H36. The smallest absolute Gasteiger partial charge is 0.00135 e. The quantitative estimate of drug-likeness (QED) is 0.262. The van der Waals surface area contributed by atoms with Crippen LogP contribution in [0.5, 0.6) is 0 Å². The fourth-order valence-electron chi connectivity index (χ4n) is 4.51. The van der Waals surface area contributed by atoms with Gasteiger partial charge in [-0.15, -0.1) is 0 Å². The van der Waals surface area contributed by atoms with Gasteiger partial charge in [0.2, 0.25) is 0 Å². The van der Waals surface area contributed by atoms with Crippen LogP contribution in [0, 0.1) is 0 Å². The Morgan fingerprint density at radius 2 is 0.688 bits per heavy atom. The number of fused-ring (bicyclic) bond motifs is 6. The molecule has 0 bridgehead atoms. The summed E-state index contributed by atoms with van der Waals surface area (Å²) in [4.78, 5) is 0. The lowest BCUT2D eigenvalue weighted by Crippen LogP contribution is -1.77. The Hall–Kier alpha value is -3.12. The summed E-state index contributed by atoms with van der Waals surface area (Å²) in [6.07, 6.45) is 6.28. The van der Waals surface area contributed by atoms with Crippen LogP contribution in [-0.4, -0.2) is 0 Å². The highest BCUT2D eigenvalue weighted by Gasteiger charge is 2.16. The predicted octanol–water partition coefficient (Wildman–Crippen LogP) is 9.35. The van der Waals surface area contributed by atoms with Gasteiger partial charge in [-0.2, -0.15) is 0 Å². The van der Waals surface area contributed by atoms with E-state index >= 15 is 0 Å². The largest absolute Gasteiger partial charge is 0.0776 e. The van der Waals surface area contributed by atoms with Crippen molar-refractivity contribution in [3.63, 3.8) is 0 Å². The lowest BCUT2D eigenvalue weighted by atomic mass is 10.1. The molecule has 2 aliphatic rings. The molecule has 0 radical (unpaired) electrons. The topological polar surface area (TPSA) is 0 Å². The normalized spacial score (nSPS) is 11.3. The van der Waals surface area contributed by atoms with E-state index < -0.39 is 0 Å². The molecule has 0 atom stereocenters. The number of benzene rings is 4. The lowest BCUT2D eigenvalue weighted by molar-refractivity contribution is 0.772. The first-order valence-corrected chi connectivity index (χ1v) is 11.6. The van der Waals surface area contributed by atoms with Crippen molar-refractivity contribution in [1.29, 1.82) is 0 Å². The van der Waals surface area contributed by atoms with Gasteiger partial charge in [-0.1, -0.05) is 138 Å². The first kappa shape index (κ1) is 23.5. The van der Waals surface area contributed by atoms with Gasteiger partial charge >= 0.3 is 0 Å². The molecule has 0 heteroatoms. The zero-order valence-electron chi connectivity index (χ0n) is 18.8. The fourth-order valence-corrected chi connectivity index (χ4v) is 4.51. The molecule has 6 rings (SSSR count). The summed E-state index contributed by atoms with van der Waals surface area (Å²) in [6, 6.07) is 34.6. The fraction of sp³-hybridized carbons (Fsp3) is 0.250. The number of unbranched alkanes of at least 4 members (excludes halogenated alkanes) is 2. The van der Waals surface area contributed by atoms with Gasteiger partial charge in [0.25, 0.3) is 0 Å². The molecule has 2 aliphatic carbocycles. The SMILES string of the molecule is C.CCCCC.c1ccc2c(c1)Cc1ccccc1-2.c1ccc2c(c1)Cc1ccccc1-2. The predicted molar refractivity (Wildman–Crippen MR) is 141 cm³/mol. The Bertz CT molecular complexity index is 958. The van der Waals surface area contributed by atoms with Crippen LogP contribution in [0.15, 0.2) is 97.1 Å². The van der Waals surface area contributed by atoms with Crippen LogP contribution in [0.3, 0.4) is 0 Å². The van der Waals surface area contributed by atoms with E-state index in [4.69, 9.17) is 0 Å². The molecule has 0 N–H and O–H groups in total.